The highest BCUT2D eigenvalue weighted by Gasteiger charge is 2.26. The molecule has 4 heterocycles. The molecule has 0 bridgehead atoms. The molecule has 3 aromatic heterocycles. The lowest BCUT2D eigenvalue weighted by molar-refractivity contribution is 0.0994. The third-order valence-corrected chi connectivity index (χ3v) is 5.23. The van der Waals surface area contributed by atoms with Gasteiger partial charge in [0.1, 0.15) is 11.1 Å². The van der Waals surface area contributed by atoms with E-state index in [1.54, 1.807) is 18.6 Å². The van der Waals surface area contributed by atoms with Crippen LogP contribution in [0, 0.1) is 12.8 Å². The summed E-state index contributed by atoms with van der Waals surface area (Å²) >= 11 is 0. The van der Waals surface area contributed by atoms with Crippen molar-refractivity contribution in [2.24, 2.45) is 11.7 Å². The number of hydrogen-bond donors (Lipinski definition) is 2. The molecule has 0 unspecified atom stereocenters. The molecule has 0 aromatic carbocycles. The zero-order valence-corrected chi connectivity index (χ0v) is 16.2. The van der Waals surface area contributed by atoms with E-state index in [2.05, 4.69) is 21.8 Å². The maximum Gasteiger partial charge on any atom is 0.204 e. The number of furan rings is 1. The number of rotatable bonds is 4. The van der Waals surface area contributed by atoms with Crippen molar-refractivity contribution in [1.82, 2.24) is 9.97 Å². The maximum absolute atomic E-state index is 13.1. The van der Waals surface area contributed by atoms with Crippen molar-refractivity contribution in [2.45, 2.75) is 32.7 Å². The Hall–Kier alpha value is -2.93. The van der Waals surface area contributed by atoms with Gasteiger partial charge in [0.25, 0.3) is 0 Å². The molecule has 0 spiro atoms. The summed E-state index contributed by atoms with van der Waals surface area (Å²) in [6, 6.07) is 3.91. The Balaban J connectivity index is 1.65. The molecule has 2 atom stereocenters. The minimum atomic E-state index is -0.129. The third-order valence-electron chi connectivity index (χ3n) is 5.23. The number of nitrogens with zero attached hydrogens (tertiary/aromatic N) is 3. The van der Waals surface area contributed by atoms with Crippen LogP contribution >= 0.6 is 0 Å². The van der Waals surface area contributed by atoms with Crippen LogP contribution < -0.4 is 16.4 Å². The molecule has 1 aliphatic rings. The van der Waals surface area contributed by atoms with Crippen LogP contribution in [0.15, 0.2) is 35.1 Å². The normalized spacial score (nSPS) is 19.9. The smallest absolute Gasteiger partial charge is 0.204 e. The highest BCUT2D eigenvalue weighted by atomic mass is 16.3. The van der Waals surface area contributed by atoms with Gasteiger partial charge >= 0.3 is 0 Å². The number of nitrogens with two attached hydrogens (primary N) is 2. The lowest BCUT2D eigenvalue weighted by atomic mass is 9.95. The first kappa shape index (κ1) is 18.4. The molecule has 4 rings (SSSR count). The van der Waals surface area contributed by atoms with Gasteiger partial charge in [-0.05, 0) is 37.0 Å². The summed E-state index contributed by atoms with van der Waals surface area (Å²) in [7, 11) is 0. The highest BCUT2D eigenvalue weighted by Crippen LogP contribution is 2.30. The lowest BCUT2D eigenvalue weighted by Gasteiger charge is -2.37. The van der Waals surface area contributed by atoms with Crippen LogP contribution in [-0.2, 0) is 6.42 Å². The number of Topliss-reactive ketones (excluding diaryl/α,β-unsaturated/α-hetero) is 1. The fourth-order valence-corrected chi connectivity index (χ4v) is 4.09. The summed E-state index contributed by atoms with van der Waals surface area (Å²) in [6.07, 6.45) is 6.39. The van der Waals surface area contributed by atoms with E-state index >= 15 is 0 Å². The monoisotopic (exact) mass is 379 g/mol. The zero-order valence-electron chi connectivity index (χ0n) is 16.2. The third kappa shape index (κ3) is 3.45. The molecule has 0 aliphatic carbocycles. The largest absolute Gasteiger partial charge is 0.438 e. The molecule has 3 aromatic rings. The van der Waals surface area contributed by atoms with Gasteiger partial charge in [0.05, 0.1) is 0 Å². The molecule has 1 saturated heterocycles. The number of fused-ring (bicyclic) bond motifs is 1. The summed E-state index contributed by atoms with van der Waals surface area (Å²) in [5, 5.41) is 0. The first-order chi connectivity index (χ1) is 13.4. The van der Waals surface area contributed by atoms with E-state index in [-0.39, 0.29) is 24.1 Å². The van der Waals surface area contributed by atoms with Crippen molar-refractivity contribution in [2.75, 3.05) is 23.7 Å². The molecule has 146 valence electrons. The Morgan fingerprint density at radius 1 is 1.36 bits per heavy atom. The van der Waals surface area contributed by atoms with Crippen molar-refractivity contribution in [3.63, 3.8) is 0 Å². The highest BCUT2D eigenvalue weighted by molar-refractivity contribution is 6.10. The van der Waals surface area contributed by atoms with Crippen LogP contribution in [-0.4, -0.2) is 34.9 Å². The van der Waals surface area contributed by atoms with Crippen LogP contribution in [0.25, 0.3) is 11.1 Å². The maximum atomic E-state index is 13.1. The quantitative estimate of drug-likeness (QED) is 0.670. The van der Waals surface area contributed by atoms with Gasteiger partial charge in [-0.15, -0.1) is 0 Å². The molecule has 28 heavy (non-hydrogen) atoms. The SMILES string of the molecule is Cc1cnc2c(C(=O)Cc3cnccc3N3C[C@H](C)C[C@H](N)C3)c(N)oc2c1. The number of hydrogen-bond acceptors (Lipinski definition) is 7. The number of aryl methyl sites for hydroxylation is 1. The number of carbonyl (C=O) groups excluding carboxylic acids is 1. The number of nitrogen functional groups attached to an aromatic ring is 1. The Kier molecular flexibility index (Phi) is 4.77. The average Bonchev–Trinajstić information content (AvgIpc) is 2.96. The van der Waals surface area contributed by atoms with Crippen LogP contribution in [0.5, 0.6) is 0 Å². The van der Waals surface area contributed by atoms with Gasteiger partial charge < -0.3 is 20.8 Å². The van der Waals surface area contributed by atoms with Gasteiger partial charge in [0, 0.05) is 55.4 Å². The van der Waals surface area contributed by atoms with Gasteiger partial charge in [-0.25, -0.2) is 0 Å². The van der Waals surface area contributed by atoms with Gasteiger partial charge in [-0.1, -0.05) is 6.92 Å². The Morgan fingerprint density at radius 2 is 2.18 bits per heavy atom. The number of carbonyl (C=O) groups is 1. The number of ketones is 1. The molecule has 1 fully saturated rings. The van der Waals surface area contributed by atoms with E-state index in [1.807, 2.05) is 19.1 Å². The van der Waals surface area contributed by atoms with E-state index in [0.29, 0.717) is 22.6 Å². The Bertz CT molecular complexity index is 1020. The van der Waals surface area contributed by atoms with Crippen LogP contribution in [0.1, 0.15) is 34.8 Å². The molecule has 7 nitrogen and oxygen atoms in total. The molecule has 1 aliphatic heterocycles. The molecule has 0 radical (unpaired) electrons. The first-order valence-electron chi connectivity index (χ1n) is 9.53. The van der Waals surface area contributed by atoms with Crippen LogP contribution in [0.4, 0.5) is 11.6 Å². The van der Waals surface area contributed by atoms with Crippen molar-refractivity contribution in [1.29, 1.82) is 0 Å². The summed E-state index contributed by atoms with van der Waals surface area (Å²) in [4.78, 5) is 23.9. The standard InChI is InChI=1S/C21H25N5O2/c1-12-6-18-20(25-8-12)19(21(23)28-18)17(27)7-14-9-24-4-3-16(14)26-10-13(2)5-15(22)11-26/h3-4,6,8-9,13,15H,5,7,10-11,22-23H2,1-2H3/t13-,15+/m1/s1. The number of piperidine rings is 1. The number of pyridine rings is 2. The fourth-order valence-electron chi connectivity index (χ4n) is 4.09. The summed E-state index contributed by atoms with van der Waals surface area (Å²) < 4.78 is 5.57. The second-order valence-electron chi connectivity index (χ2n) is 7.81. The van der Waals surface area contributed by atoms with Gasteiger partial charge in [-0.3, -0.25) is 14.8 Å². The molecule has 0 amide bonds. The molecular weight excluding hydrogens is 354 g/mol. The molecule has 0 saturated carbocycles. The first-order valence-corrected chi connectivity index (χ1v) is 9.53. The zero-order chi connectivity index (χ0) is 19.8. The molecular formula is C21H25N5O2. The summed E-state index contributed by atoms with van der Waals surface area (Å²) in [6.45, 7) is 5.80. The minimum absolute atomic E-state index is 0.108. The Morgan fingerprint density at radius 3 is 2.96 bits per heavy atom. The van der Waals surface area contributed by atoms with Gasteiger partial charge in [-0.2, -0.15) is 0 Å². The summed E-state index contributed by atoms with van der Waals surface area (Å²) in [5.41, 5.74) is 16.4. The number of aromatic nitrogens is 2. The average molecular weight is 379 g/mol. The predicted octanol–water partition coefficient (Wildman–Crippen LogP) is 2.71. The van der Waals surface area contributed by atoms with Gasteiger partial charge in [0.15, 0.2) is 11.4 Å². The second-order valence-corrected chi connectivity index (χ2v) is 7.81. The number of anilines is 2. The van der Waals surface area contributed by atoms with Gasteiger partial charge in [0.2, 0.25) is 5.88 Å². The lowest BCUT2D eigenvalue weighted by Crippen LogP contribution is -2.46. The molecule has 7 heteroatoms. The predicted molar refractivity (Wildman–Crippen MR) is 109 cm³/mol. The second kappa shape index (κ2) is 7.24. The van der Waals surface area contributed by atoms with E-state index in [0.717, 1.165) is 36.3 Å². The van der Waals surface area contributed by atoms with Crippen molar-refractivity contribution < 1.29 is 9.21 Å². The van der Waals surface area contributed by atoms with Crippen LogP contribution in [0.3, 0.4) is 0 Å². The van der Waals surface area contributed by atoms with E-state index in [4.69, 9.17) is 15.9 Å². The van der Waals surface area contributed by atoms with Crippen molar-refractivity contribution >= 4 is 28.5 Å². The summed E-state index contributed by atoms with van der Waals surface area (Å²) in [5.74, 6) is 0.481. The molecule has 4 N–H and O–H groups in total. The van der Waals surface area contributed by atoms with Crippen molar-refractivity contribution in [3.05, 3.63) is 47.4 Å². The topological polar surface area (TPSA) is 111 Å². The van der Waals surface area contributed by atoms with E-state index in [1.165, 1.54) is 0 Å². The van der Waals surface area contributed by atoms with E-state index in [9.17, 15) is 4.79 Å². The van der Waals surface area contributed by atoms with Crippen LogP contribution in [0.2, 0.25) is 0 Å². The fraction of sp³-hybridized carbons (Fsp3) is 0.381. The Labute approximate surface area is 163 Å². The van der Waals surface area contributed by atoms with E-state index < -0.39 is 0 Å². The minimum Gasteiger partial charge on any atom is -0.438 e. The van der Waals surface area contributed by atoms with Crippen molar-refractivity contribution in [3.8, 4) is 0 Å².